The van der Waals surface area contributed by atoms with Crippen LogP contribution in [-0.2, 0) is 0 Å². The number of hydrogen-bond acceptors (Lipinski definition) is 2. The molecule has 1 aromatic carbocycles. The molecule has 3 nitrogen and oxygen atoms in total. The summed E-state index contributed by atoms with van der Waals surface area (Å²) in [6.07, 6.45) is 3.59. The topological polar surface area (TPSA) is 65.7 Å². The second-order valence-electron chi connectivity index (χ2n) is 2.68. The largest absolute Gasteiger partial charge is 0.398 e. The Kier molecular flexibility index (Phi) is 1.37. The van der Waals surface area contributed by atoms with E-state index in [4.69, 9.17) is 11.1 Å². The molecule has 0 aliphatic rings. The van der Waals surface area contributed by atoms with Gasteiger partial charge >= 0.3 is 0 Å². The number of aromatic nitrogens is 1. The molecule has 1 heterocycles. The standard InChI is InChI=1S/C9H9N3/c10-8-2-1-3-9(11)7-5-12-4-6(7)8/h1-5,10,12H,11H2. The maximum atomic E-state index is 7.62. The van der Waals surface area contributed by atoms with Gasteiger partial charge in [-0.3, -0.25) is 0 Å². The van der Waals surface area contributed by atoms with Crippen molar-refractivity contribution in [1.82, 2.24) is 4.98 Å². The first-order valence-corrected chi connectivity index (χ1v) is 3.69. The Hall–Kier alpha value is -1.77. The van der Waals surface area contributed by atoms with E-state index in [1.54, 1.807) is 24.4 Å². The molecule has 0 atom stereocenters. The molecule has 0 saturated carbocycles. The molecule has 4 N–H and O–H groups in total. The van der Waals surface area contributed by atoms with E-state index in [0.717, 1.165) is 10.8 Å². The minimum atomic E-state index is 0.489. The van der Waals surface area contributed by atoms with Crippen LogP contribution in [0.2, 0.25) is 0 Å². The predicted octanol–water partition coefficient (Wildman–Crippen LogP) is 1.23. The Morgan fingerprint density at radius 1 is 1.17 bits per heavy atom. The third kappa shape index (κ3) is 0.871. The van der Waals surface area contributed by atoms with Gasteiger partial charge in [0, 0.05) is 28.9 Å². The molecule has 0 unspecified atom stereocenters. The van der Waals surface area contributed by atoms with Crippen molar-refractivity contribution in [2.75, 3.05) is 5.73 Å². The van der Waals surface area contributed by atoms with Crippen molar-refractivity contribution in [3.05, 3.63) is 36.0 Å². The van der Waals surface area contributed by atoms with Crippen LogP contribution in [0, 0.1) is 5.41 Å². The molecule has 0 radical (unpaired) electrons. The number of nitrogens with two attached hydrogens (primary N) is 1. The van der Waals surface area contributed by atoms with Gasteiger partial charge in [0.2, 0.25) is 0 Å². The summed E-state index contributed by atoms with van der Waals surface area (Å²) < 4.78 is 0. The first-order chi connectivity index (χ1) is 5.79. The minimum absolute atomic E-state index is 0.489. The van der Waals surface area contributed by atoms with E-state index in [9.17, 15) is 0 Å². The highest BCUT2D eigenvalue weighted by molar-refractivity contribution is 5.91. The van der Waals surface area contributed by atoms with Crippen molar-refractivity contribution >= 4 is 16.5 Å². The van der Waals surface area contributed by atoms with E-state index in [1.165, 1.54) is 0 Å². The number of fused-ring (bicyclic) bond motifs is 1. The fourth-order valence-corrected chi connectivity index (χ4v) is 1.25. The monoisotopic (exact) mass is 159 g/mol. The number of nitrogen functional groups attached to an aromatic ring is 1. The van der Waals surface area contributed by atoms with Crippen LogP contribution < -0.4 is 11.1 Å². The quantitative estimate of drug-likeness (QED) is 0.531. The molecule has 0 aliphatic carbocycles. The lowest BCUT2D eigenvalue weighted by Gasteiger charge is -1.85. The molecule has 3 heteroatoms. The maximum absolute atomic E-state index is 7.62. The number of H-pyrrole nitrogens is 1. The van der Waals surface area contributed by atoms with Gasteiger partial charge in [-0.25, -0.2) is 0 Å². The maximum Gasteiger partial charge on any atom is 0.0634 e. The van der Waals surface area contributed by atoms with Crippen LogP contribution in [-0.4, -0.2) is 4.98 Å². The van der Waals surface area contributed by atoms with Crippen LogP contribution in [0.5, 0.6) is 0 Å². The third-order valence-corrected chi connectivity index (χ3v) is 1.89. The molecule has 0 aliphatic heterocycles. The molecule has 1 aromatic heterocycles. The van der Waals surface area contributed by atoms with Crippen molar-refractivity contribution in [2.45, 2.75) is 0 Å². The number of rotatable bonds is 0. The summed E-state index contributed by atoms with van der Waals surface area (Å²) in [7, 11) is 0. The van der Waals surface area contributed by atoms with E-state index in [0.29, 0.717) is 11.0 Å². The number of anilines is 1. The molecule has 0 bridgehead atoms. The Bertz CT molecular complexity index is 470. The fourth-order valence-electron chi connectivity index (χ4n) is 1.25. The molecular weight excluding hydrogens is 150 g/mol. The van der Waals surface area contributed by atoms with Crippen molar-refractivity contribution in [3.63, 3.8) is 0 Å². The summed E-state index contributed by atoms with van der Waals surface area (Å²) in [5.41, 5.74) is 6.45. The first-order valence-electron chi connectivity index (χ1n) is 3.69. The van der Waals surface area contributed by atoms with Crippen molar-refractivity contribution in [3.8, 4) is 0 Å². The van der Waals surface area contributed by atoms with Gasteiger partial charge in [0.05, 0.1) is 5.36 Å². The second-order valence-corrected chi connectivity index (χ2v) is 2.68. The van der Waals surface area contributed by atoms with Gasteiger partial charge < -0.3 is 16.1 Å². The zero-order valence-electron chi connectivity index (χ0n) is 6.46. The molecule has 2 aromatic rings. The zero-order valence-corrected chi connectivity index (χ0v) is 6.46. The predicted molar refractivity (Wildman–Crippen MR) is 48.6 cm³/mol. The lowest BCUT2D eigenvalue weighted by atomic mass is 10.3. The molecule has 0 amide bonds. The summed E-state index contributed by atoms with van der Waals surface area (Å²) in [6, 6.07) is 5.32. The van der Waals surface area contributed by atoms with Crippen LogP contribution in [0.1, 0.15) is 0 Å². The Balaban J connectivity index is 3.11. The average molecular weight is 159 g/mol. The molecule has 60 valence electrons. The van der Waals surface area contributed by atoms with Gasteiger partial charge in [-0.05, 0) is 12.1 Å². The van der Waals surface area contributed by atoms with Gasteiger partial charge in [-0.15, -0.1) is 0 Å². The third-order valence-electron chi connectivity index (χ3n) is 1.89. The van der Waals surface area contributed by atoms with Crippen LogP contribution in [0.15, 0.2) is 30.6 Å². The van der Waals surface area contributed by atoms with E-state index < -0.39 is 0 Å². The smallest absolute Gasteiger partial charge is 0.0634 e. The highest BCUT2D eigenvalue weighted by Crippen LogP contribution is 2.14. The number of aromatic amines is 1. The SMILES string of the molecule is N=c1cccc(N)c2c[nH]cc12. The van der Waals surface area contributed by atoms with Crippen LogP contribution in [0.4, 0.5) is 5.69 Å². The summed E-state index contributed by atoms with van der Waals surface area (Å²) in [5, 5.41) is 9.88. The normalized spacial score (nSPS) is 10.3. The molecule has 0 fully saturated rings. The van der Waals surface area contributed by atoms with Crippen molar-refractivity contribution in [1.29, 1.82) is 5.41 Å². The molecule has 0 saturated heterocycles. The van der Waals surface area contributed by atoms with Crippen LogP contribution >= 0.6 is 0 Å². The van der Waals surface area contributed by atoms with E-state index in [1.807, 2.05) is 6.20 Å². The van der Waals surface area contributed by atoms with E-state index in [-0.39, 0.29) is 0 Å². The average Bonchev–Trinajstić information content (AvgIpc) is 2.47. The van der Waals surface area contributed by atoms with E-state index >= 15 is 0 Å². The molecule has 12 heavy (non-hydrogen) atoms. The molecule has 0 spiro atoms. The number of nitrogens with one attached hydrogen (secondary N) is 2. The fraction of sp³-hybridized carbons (Fsp3) is 0. The summed E-state index contributed by atoms with van der Waals surface area (Å²) in [5.74, 6) is 0. The van der Waals surface area contributed by atoms with Gasteiger partial charge in [0.25, 0.3) is 0 Å². The minimum Gasteiger partial charge on any atom is -0.398 e. The lowest BCUT2D eigenvalue weighted by Crippen LogP contribution is -1.92. The first kappa shape index (κ1) is 6.91. The number of hydrogen-bond donors (Lipinski definition) is 3. The highest BCUT2D eigenvalue weighted by atomic mass is 14.7. The van der Waals surface area contributed by atoms with Crippen molar-refractivity contribution in [2.24, 2.45) is 0 Å². The van der Waals surface area contributed by atoms with Crippen LogP contribution in [0.25, 0.3) is 10.8 Å². The summed E-state index contributed by atoms with van der Waals surface area (Å²) >= 11 is 0. The summed E-state index contributed by atoms with van der Waals surface area (Å²) in [4.78, 5) is 2.93. The Morgan fingerprint density at radius 3 is 2.75 bits per heavy atom. The van der Waals surface area contributed by atoms with Crippen molar-refractivity contribution < 1.29 is 0 Å². The van der Waals surface area contributed by atoms with Gasteiger partial charge in [-0.1, -0.05) is 6.07 Å². The van der Waals surface area contributed by atoms with Gasteiger partial charge in [0.1, 0.15) is 0 Å². The van der Waals surface area contributed by atoms with Gasteiger partial charge in [-0.2, -0.15) is 0 Å². The van der Waals surface area contributed by atoms with Gasteiger partial charge in [0.15, 0.2) is 0 Å². The highest BCUT2D eigenvalue weighted by Gasteiger charge is 1.96. The summed E-state index contributed by atoms with van der Waals surface area (Å²) in [6.45, 7) is 0. The Morgan fingerprint density at radius 2 is 1.92 bits per heavy atom. The second kappa shape index (κ2) is 2.37. The van der Waals surface area contributed by atoms with Crippen LogP contribution in [0.3, 0.4) is 0 Å². The lowest BCUT2D eigenvalue weighted by molar-refractivity contribution is 1.31. The zero-order chi connectivity index (χ0) is 8.55. The van der Waals surface area contributed by atoms with E-state index in [2.05, 4.69) is 4.98 Å². The Labute approximate surface area is 69.4 Å². The molecular formula is C9H9N3. The molecule has 2 rings (SSSR count).